The van der Waals surface area contributed by atoms with E-state index in [-0.39, 0.29) is 24.9 Å². The Morgan fingerprint density at radius 3 is 2.74 bits per heavy atom. The molecule has 7 nitrogen and oxygen atoms in total. The standard InChI is InChI=1S/C19H18N4O3S/c1-12-16(22-15-6-3-2-5-14(15)20-12)10-26-18(25)9-13-11-27-19(21-13)23-8-4-7-17(23)24/h2-3,5-6,11H,4,7-10H2,1H3. The monoisotopic (exact) mass is 382 g/mol. The number of esters is 1. The minimum atomic E-state index is -0.381. The zero-order chi connectivity index (χ0) is 18.8. The van der Waals surface area contributed by atoms with Gasteiger partial charge in [-0.2, -0.15) is 0 Å². The number of aromatic nitrogens is 3. The van der Waals surface area contributed by atoms with Crippen molar-refractivity contribution < 1.29 is 14.3 Å². The fraction of sp³-hybridized carbons (Fsp3) is 0.316. The van der Waals surface area contributed by atoms with Gasteiger partial charge in [-0.25, -0.2) is 15.0 Å². The molecule has 0 atom stereocenters. The van der Waals surface area contributed by atoms with Gasteiger partial charge in [0.1, 0.15) is 6.61 Å². The lowest BCUT2D eigenvalue weighted by molar-refractivity contribution is -0.144. The van der Waals surface area contributed by atoms with Crippen molar-refractivity contribution >= 4 is 39.4 Å². The van der Waals surface area contributed by atoms with Crippen LogP contribution in [0.25, 0.3) is 11.0 Å². The topological polar surface area (TPSA) is 85.3 Å². The Kier molecular flexibility index (Phi) is 4.81. The first kappa shape index (κ1) is 17.5. The fourth-order valence-corrected chi connectivity index (χ4v) is 3.83. The van der Waals surface area contributed by atoms with Gasteiger partial charge in [-0.1, -0.05) is 12.1 Å². The SMILES string of the molecule is Cc1nc2ccccc2nc1COC(=O)Cc1csc(N2CCCC2=O)n1. The van der Waals surface area contributed by atoms with E-state index in [1.807, 2.05) is 31.2 Å². The third kappa shape index (κ3) is 3.80. The molecule has 1 aliphatic rings. The van der Waals surface area contributed by atoms with Crippen molar-refractivity contribution in [2.24, 2.45) is 0 Å². The summed E-state index contributed by atoms with van der Waals surface area (Å²) in [5.74, 6) is -0.294. The summed E-state index contributed by atoms with van der Waals surface area (Å²) in [6, 6.07) is 7.58. The van der Waals surface area contributed by atoms with E-state index in [4.69, 9.17) is 4.74 Å². The number of amides is 1. The molecule has 0 spiro atoms. The van der Waals surface area contributed by atoms with Crippen LogP contribution in [0.2, 0.25) is 0 Å². The first-order valence-electron chi connectivity index (χ1n) is 8.73. The van der Waals surface area contributed by atoms with E-state index < -0.39 is 0 Å². The second-order valence-electron chi connectivity index (χ2n) is 6.35. The Morgan fingerprint density at radius 2 is 2.00 bits per heavy atom. The van der Waals surface area contributed by atoms with Crippen LogP contribution < -0.4 is 4.90 Å². The Labute approximate surface area is 160 Å². The molecule has 0 radical (unpaired) electrons. The molecule has 8 heteroatoms. The van der Waals surface area contributed by atoms with Crippen molar-refractivity contribution in [3.8, 4) is 0 Å². The number of ether oxygens (including phenoxy) is 1. The second-order valence-corrected chi connectivity index (χ2v) is 7.19. The predicted octanol–water partition coefficient (Wildman–Crippen LogP) is 2.81. The Hall–Kier alpha value is -2.87. The van der Waals surface area contributed by atoms with E-state index in [9.17, 15) is 9.59 Å². The molecular formula is C19H18N4O3S. The number of fused-ring (bicyclic) bond motifs is 1. The molecule has 0 bridgehead atoms. The predicted molar refractivity (Wildman–Crippen MR) is 101 cm³/mol. The van der Waals surface area contributed by atoms with E-state index >= 15 is 0 Å². The zero-order valence-corrected chi connectivity index (χ0v) is 15.7. The highest BCUT2D eigenvalue weighted by Crippen LogP contribution is 2.25. The van der Waals surface area contributed by atoms with E-state index in [2.05, 4.69) is 15.0 Å². The van der Waals surface area contributed by atoms with Crippen molar-refractivity contribution in [1.82, 2.24) is 15.0 Å². The van der Waals surface area contributed by atoms with Crippen molar-refractivity contribution in [2.75, 3.05) is 11.4 Å². The molecule has 1 fully saturated rings. The number of anilines is 1. The third-order valence-corrected chi connectivity index (χ3v) is 5.29. The van der Waals surface area contributed by atoms with Crippen molar-refractivity contribution in [3.05, 3.63) is 46.7 Å². The number of para-hydroxylation sites is 2. The Morgan fingerprint density at radius 1 is 1.22 bits per heavy atom. The van der Waals surface area contributed by atoms with Crippen LogP contribution in [0, 0.1) is 6.92 Å². The number of rotatable bonds is 5. The lowest BCUT2D eigenvalue weighted by Crippen LogP contribution is -2.23. The highest BCUT2D eigenvalue weighted by molar-refractivity contribution is 7.14. The highest BCUT2D eigenvalue weighted by Gasteiger charge is 2.24. The van der Waals surface area contributed by atoms with Crippen molar-refractivity contribution in [2.45, 2.75) is 32.8 Å². The maximum Gasteiger partial charge on any atom is 0.312 e. The van der Waals surface area contributed by atoms with Gasteiger partial charge in [0.25, 0.3) is 0 Å². The number of thiazole rings is 1. The van der Waals surface area contributed by atoms with Gasteiger partial charge in [-0.15, -0.1) is 11.3 Å². The van der Waals surface area contributed by atoms with E-state index in [1.54, 1.807) is 10.3 Å². The van der Waals surface area contributed by atoms with E-state index in [0.717, 1.165) is 23.1 Å². The quantitative estimate of drug-likeness (QED) is 0.631. The molecule has 1 aromatic carbocycles. The number of nitrogens with zero attached hydrogens (tertiary/aromatic N) is 4. The summed E-state index contributed by atoms with van der Waals surface area (Å²) in [5, 5.41) is 2.44. The fourth-order valence-electron chi connectivity index (χ4n) is 2.96. The first-order chi connectivity index (χ1) is 13.1. The molecular weight excluding hydrogens is 364 g/mol. The van der Waals surface area contributed by atoms with Gasteiger partial charge in [0.05, 0.1) is 34.5 Å². The molecule has 0 aliphatic carbocycles. The summed E-state index contributed by atoms with van der Waals surface area (Å²) in [6.07, 6.45) is 1.48. The van der Waals surface area contributed by atoms with Crippen LogP contribution in [-0.2, 0) is 27.4 Å². The summed E-state index contributed by atoms with van der Waals surface area (Å²) in [6.45, 7) is 2.61. The smallest absolute Gasteiger partial charge is 0.312 e. The minimum absolute atomic E-state index is 0.0680. The number of benzene rings is 1. The largest absolute Gasteiger partial charge is 0.459 e. The zero-order valence-electron chi connectivity index (χ0n) is 14.8. The van der Waals surface area contributed by atoms with Gasteiger partial charge in [-0.3, -0.25) is 14.5 Å². The summed E-state index contributed by atoms with van der Waals surface area (Å²) in [7, 11) is 0. The molecule has 2 aromatic heterocycles. The van der Waals surface area contributed by atoms with Gasteiger partial charge < -0.3 is 4.74 Å². The average Bonchev–Trinajstić information content (AvgIpc) is 3.28. The van der Waals surface area contributed by atoms with Crippen LogP contribution in [0.5, 0.6) is 0 Å². The first-order valence-corrected chi connectivity index (χ1v) is 9.61. The van der Waals surface area contributed by atoms with Crippen LogP contribution in [0.15, 0.2) is 29.6 Å². The molecule has 138 valence electrons. The van der Waals surface area contributed by atoms with Crippen molar-refractivity contribution in [3.63, 3.8) is 0 Å². The summed E-state index contributed by atoms with van der Waals surface area (Å²) in [4.78, 5) is 39.0. The molecule has 1 aliphatic heterocycles. The molecule has 3 aromatic rings. The lowest BCUT2D eigenvalue weighted by Gasteiger charge is -2.10. The summed E-state index contributed by atoms with van der Waals surface area (Å²) >= 11 is 1.37. The average molecular weight is 382 g/mol. The molecule has 0 N–H and O–H groups in total. The van der Waals surface area contributed by atoms with Gasteiger partial charge in [0.15, 0.2) is 5.13 Å². The summed E-state index contributed by atoms with van der Waals surface area (Å²) in [5.41, 5.74) is 3.58. The number of hydrogen-bond acceptors (Lipinski definition) is 7. The molecule has 4 rings (SSSR count). The Bertz CT molecular complexity index is 1020. The lowest BCUT2D eigenvalue weighted by atomic mass is 10.2. The van der Waals surface area contributed by atoms with Gasteiger partial charge in [0.2, 0.25) is 5.91 Å². The molecule has 0 saturated carbocycles. The maximum absolute atomic E-state index is 12.2. The molecule has 27 heavy (non-hydrogen) atoms. The number of hydrogen-bond donors (Lipinski definition) is 0. The van der Waals surface area contributed by atoms with Gasteiger partial charge in [-0.05, 0) is 25.5 Å². The number of carbonyl (C=O) groups is 2. The summed E-state index contributed by atoms with van der Waals surface area (Å²) < 4.78 is 5.36. The third-order valence-electron chi connectivity index (χ3n) is 4.38. The second kappa shape index (κ2) is 7.40. The molecule has 3 heterocycles. The normalized spacial score (nSPS) is 14.1. The Balaban J connectivity index is 1.38. The molecule has 0 unspecified atom stereocenters. The molecule has 1 amide bonds. The number of aryl methyl sites for hydroxylation is 1. The van der Waals surface area contributed by atoms with Gasteiger partial charge in [0, 0.05) is 18.3 Å². The van der Waals surface area contributed by atoms with Gasteiger partial charge >= 0.3 is 5.97 Å². The number of carbonyl (C=O) groups excluding carboxylic acids is 2. The molecule has 1 saturated heterocycles. The van der Waals surface area contributed by atoms with E-state index in [1.165, 1.54) is 11.3 Å². The van der Waals surface area contributed by atoms with Crippen LogP contribution in [0.1, 0.15) is 29.9 Å². The maximum atomic E-state index is 12.2. The van der Waals surface area contributed by atoms with Crippen molar-refractivity contribution in [1.29, 1.82) is 0 Å². The van der Waals surface area contributed by atoms with Crippen LogP contribution >= 0.6 is 11.3 Å². The minimum Gasteiger partial charge on any atom is -0.459 e. The van der Waals surface area contributed by atoms with E-state index in [0.29, 0.717) is 29.5 Å². The van der Waals surface area contributed by atoms with Crippen LogP contribution in [-0.4, -0.2) is 33.4 Å². The van der Waals surface area contributed by atoms with Crippen LogP contribution in [0.4, 0.5) is 5.13 Å². The highest BCUT2D eigenvalue weighted by atomic mass is 32.1. The van der Waals surface area contributed by atoms with Crippen LogP contribution in [0.3, 0.4) is 0 Å².